The van der Waals surface area contributed by atoms with Gasteiger partial charge in [0.1, 0.15) is 5.75 Å². The van der Waals surface area contributed by atoms with Gasteiger partial charge in [-0.3, -0.25) is 4.79 Å². The van der Waals surface area contributed by atoms with Crippen LogP contribution in [0.3, 0.4) is 0 Å². The quantitative estimate of drug-likeness (QED) is 0.519. The predicted octanol–water partition coefficient (Wildman–Crippen LogP) is 5.24. The van der Waals surface area contributed by atoms with Crippen molar-refractivity contribution in [3.05, 3.63) is 70.0 Å². The number of aryl methyl sites for hydroxylation is 1. The second kappa shape index (κ2) is 9.52. The Labute approximate surface area is 188 Å². The zero-order chi connectivity index (χ0) is 21.8. The zero-order valence-electron chi connectivity index (χ0n) is 18.1. The molecule has 0 saturated heterocycles. The molecule has 0 bridgehead atoms. The molecule has 2 aromatic carbocycles. The molecule has 1 saturated carbocycles. The third kappa shape index (κ3) is 4.74. The van der Waals surface area contributed by atoms with Crippen molar-refractivity contribution in [2.75, 3.05) is 12.4 Å². The van der Waals surface area contributed by atoms with Crippen LogP contribution in [0.5, 0.6) is 5.75 Å². The van der Waals surface area contributed by atoms with Gasteiger partial charge in [-0.15, -0.1) is 0 Å². The van der Waals surface area contributed by atoms with E-state index in [4.69, 9.17) is 17.0 Å². The first-order chi connectivity index (χ1) is 15.1. The van der Waals surface area contributed by atoms with Gasteiger partial charge in [-0.25, -0.2) is 0 Å². The number of benzene rings is 2. The number of aromatic nitrogens is 1. The van der Waals surface area contributed by atoms with E-state index in [1.807, 2.05) is 36.4 Å². The van der Waals surface area contributed by atoms with Crippen LogP contribution < -0.4 is 15.6 Å². The summed E-state index contributed by atoms with van der Waals surface area (Å²) in [7, 11) is 1.65. The van der Waals surface area contributed by atoms with Gasteiger partial charge in [0.25, 0.3) is 5.56 Å². The van der Waals surface area contributed by atoms with Crippen LogP contribution >= 0.6 is 12.2 Å². The number of nitrogens with zero attached hydrogens (tertiary/aromatic N) is 1. The van der Waals surface area contributed by atoms with Crippen molar-refractivity contribution in [3.8, 4) is 5.75 Å². The summed E-state index contributed by atoms with van der Waals surface area (Å²) >= 11 is 5.83. The van der Waals surface area contributed by atoms with E-state index in [0.29, 0.717) is 17.7 Å². The third-order valence-electron chi connectivity index (χ3n) is 6.11. The first kappa shape index (κ1) is 21.4. The molecule has 0 spiro atoms. The number of anilines is 1. The van der Waals surface area contributed by atoms with Gasteiger partial charge < -0.3 is 19.9 Å². The van der Waals surface area contributed by atoms with Gasteiger partial charge in [0, 0.05) is 17.1 Å². The SMILES string of the molecule is CCc1ccc2[nH]c(=O)c(CN(C(=S)Nc3ccccc3OC)C3CCCC3)cc2c1. The van der Waals surface area contributed by atoms with Gasteiger partial charge in [-0.05, 0) is 72.8 Å². The van der Waals surface area contributed by atoms with E-state index in [1.54, 1.807) is 7.11 Å². The monoisotopic (exact) mass is 435 g/mol. The molecule has 0 aliphatic heterocycles. The Morgan fingerprint density at radius 2 is 1.97 bits per heavy atom. The van der Waals surface area contributed by atoms with E-state index in [0.717, 1.165) is 47.2 Å². The summed E-state index contributed by atoms with van der Waals surface area (Å²) in [5, 5.41) is 5.04. The number of hydrogen-bond donors (Lipinski definition) is 2. The first-order valence-corrected chi connectivity index (χ1v) is 11.4. The summed E-state index contributed by atoms with van der Waals surface area (Å²) in [6.45, 7) is 2.62. The number of methoxy groups -OCH3 is 1. The lowest BCUT2D eigenvalue weighted by atomic mass is 10.1. The minimum atomic E-state index is -0.0557. The highest BCUT2D eigenvalue weighted by molar-refractivity contribution is 7.80. The summed E-state index contributed by atoms with van der Waals surface area (Å²) < 4.78 is 5.46. The molecule has 5 nitrogen and oxygen atoms in total. The molecular weight excluding hydrogens is 406 g/mol. The number of fused-ring (bicyclic) bond motifs is 1. The first-order valence-electron chi connectivity index (χ1n) is 10.9. The molecular formula is C25H29N3O2S. The number of para-hydroxylation sites is 2. The molecule has 31 heavy (non-hydrogen) atoms. The lowest BCUT2D eigenvalue weighted by Crippen LogP contribution is -2.42. The van der Waals surface area contributed by atoms with Gasteiger partial charge in [0.2, 0.25) is 0 Å². The van der Waals surface area contributed by atoms with Crippen molar-refractivity contribution >= 4 is 33.9 Å². The molecule has 1 heterocycles. The highest BCUT2D eigenvalue weighted by Gasteiger charge is 2.26. The molecule has 0 unspecified atom stereocenters. The zero-order valence-corrected chi connectivity index (χ0v) is 18.9. The van der Waals surface area contributed by atoms with E-state index in [-0.39, 0.29) is 5.56 Å². The molecule has 0 amide bonds. The fraction of sp³-hybridized carbons (Fsp3) is 0.360. The molecule has 162 valence electrons. The molecule has 3 aromatic rings. The number of nitrogens with one attached hydrogen (secondary N) is 2. The lowest BCUT2D eigenvalue weighted by Gasteiger charge is -2.32. The van der Waals surface area contributed by atoms with Crippen LogP contribution in [0.1, 0.15) is 43.7 Å². The van der Waals surface area contributed by atoms with Crippen LogP contribution in [-0.4, -0.2) is 28.1 Å². The maximum atomic E-state index is 12.9. The second-order valence-electron chi connectivity index (χ2n) is 8.10. The molecule has 6 heteroatoms. The molecule has 1 aliphatic carbocycles. The minimum absolute atomic E-state index is 0.0557. The predicted molar refractivity (Wildman–Crippen MR) is 131 cm³/mol. The largest absolute Gasteiger partial charge is 0.495 e. The van der Waals surface area contributed by atoms with Gasteiger partial charge in [-0.1, -0.05) is 38.0 Å². The van der Waals surface area contributed by atoms with E-state index in [9.17, 15) is 4.79 Å². The van der Waals surface area contributed by atoms with Crippen LogP contribution in [-0.2, 0) is 13.0 Å². The van der Waals surface area contributed by atoms with Gasteiger partial charge in [0.05, 0.1) is 19.3 Å². The standard InChI is InChI=1S/C25H29N3O2S/c1-3-17-12-13-21-18(14-17)15-19(24(29)26-21)16-28(20-8-4-5-9-20)25(31)27-22-10-6-7-11-23(22)30-2/h6-7,10-15,20H,3-5,8-9,16H2,1-2H3,(H,26,29)(H,27,31). The maximum absolute atomic E-state index is 12.9. The third-order valence-corrected chi connectivity index (χ3v) is 6.45. The number of thiocarbonyl (C=S) groups is 1. The second-order valence-corrected chi connectivity index (χ2v) is 8.48. The van der Waals surface area contributed by atoms with E-state index in [2.05, 4.69) is 34.3 Å². The maximum Gasteiger partial charge on any atom is 0.253 e. The van der Waals surface area contributed by atoms with Gasteiger partial charge in [-0.2, -0.15) is 0 Å². The number of pyridine rings is 1. The number of hydrogen-bond acceptors (Lipinski definition) is 3. The molecule has 1 aliphatic rings. The highest BCUT2D eigenvalue weighted by atomic mass is 32.1. The molecule has 4 rings (SSSR count). The van der Waals surface area contributed by atoms with Crippen molar-refractivity contribution in [3.63, 3.8) is 0 Å². The number of H-pyrrole nitrogens is 1. The van der Waals surface area contributed by atoms with E-state index >= 15 is 0 Å². The smallest absolute Gasteiger partial charge is 0.253 e. The minimum Gasteiger partial charge on any atom is -0.495 e. The number of rotatable bonds is 6. The van der Waals surface area contributed by atoms with E-state index in [1.165, 1.54) is 18.4 Å². The van der Waals surface area contributed by atoms with Crippen molar-refractivity contribution in [2.24, 2.45) is 0 Å². The van der Waals surface area contributed by atoms with Crippen molar-refractivity contribution in [1.29, 1.82) is 0 Å². The van der Waals surface area contributed by atoms with Crippen LogP contribution in [0, 0.1) is 0 Å². The molecule has 1 fully saturated rings. The highest BCUT2D eigenvalue weighted by Crippen LogP contribution is 2.28. The molecule has 0 atom stereocenters. The Kier molecular flexibility index (Phi) is 6.56. The van der Waals surface area contributed by atoms with Gasteiger partial charge >= 0.3 is 0 Å². The van der Waals surface area contributed by atoms with Crippen molar-refractivity contribution < 1.29 is 4.74 Å². The Hall–Kier alpha value is -2.86. The normalized spacial score (nSPS) is 14.0. The summed E-state index contributed by atoms with van der Waals surface area (Å²) in [5.41, 5.74) is 3.63. The number of aromatic amines is 1. The van der Waals surface area contributed by atoms with Crippen LogP contribution in [0.25, 0.3) is 10.9 Å². The van der Waals surface area contributed by atoms with Crippen molar-refractivity contribution in [1.82, 2.24) is 9.88 Å². The summed E-state index contributed by atoms with van der Waals surface area (Å²) in [4.78, 5) is 18.1. The Bertz CT molecular complexity index is 1140. The average Bonchev–Trinajstić information content (AvgIpc) is 3.32. The number of ether oxygens (including phenoxy) is 1. The summed E-state index contributed by atoms with van der Waals surface area (Å²) in [6, 6.07) is 16.3. The van der Waals surface area contributed by atoms with Crippen LogP contribution in [0.15, 0.2) is 53.3 Å². The lowest BCUT2D eigenvalue weighted by molar-refractivity contribution is 0.311. The van der Waals surface area contributed by atoms with Crippen LogP contribution in [0.4, 0.5) is 5.69 Å². The Balaban J connectivity index is 1.64. The summed E-state index contributed by atoms with van der Waals surface area (Å²) in [5.74, 6) is 0.742. The topological polar surface area (TPSA) is 57.4 Å². The van der Waals surface area contributed by atoms with Crippen molar-refractivity contribution in [2.45, 2.75) is 51.6 Å². The fourth-order valence-electron chi connectivity index (χ4n) is 4.34. The average molecular weight is 436 g/mol. The Morgan fingerprint density at radius 3 is 2.71 bits per heavy atom. The van der Waals surface area contributed by atoms with Crippen LogP contribution in [0.2, 0.25) is 0 Å². The van der Waals surface area contributed by atoms with Gasteiger partial charge in [0.15, 0.2) is 5.11 Å². The molecule has 2 N–H and O–H groups in total. The molecule has 0 radical (unpaired) electrons. The Morgan fingerprint density at radius 1 is 1.19 bits per heavy atom. The molecule has 1 aromatic heterocycles. The summed E-state index contributed by atoms with van der Waals surface area (Å²) in [6.07, 6.45) is 5.50. The fourth-order valence-corrected chi connectivity index (χ4v) is 4.66. The van der Waals surface area contributed by atoms with E-state index < -0.39 is 0 Å².